The molecule has 1 aliphatic heterocycles. The van der Waals surface area contributed by atoms with E-state index in [9.17, 15) is 18.0 Å². The summed E-state index contributed by atoms with van der Waals surface area (Å²) < 4.78 is 41.2. The van der Waals surface area contributed by atoms with Crippen LogP contribution in [0.1, 0.15) is 50.4 Å². The highest BCUT2D eigenvalue weighted by molar-refractivity contribution is 5.94. The van der Waals surface area contributed by atoms with E-state index >= 15 is 0 Å². The lowest BCUT2D eigenvalue weighted by atomic mass is 9.90. The number of likely N-dealkylation sites (tertiary alicyclic amines) is 1. The predicted molar refractivity (Wildman–Crippen MR) is 92.3 cm³/mol. The van der Waals surface area contributed by atoms with Gasteiger partial charge >= 0.3 is 0 Å². The summed E-state index contributed by atoms with van der Waals surface area (Å²) in [6.45, 7) is 8.64. The van der Waals surface area contributed by atoms with Crippen LogP contribution in [0, 0.1) is 17.0 Å². The molecule has 0 bridgehead atoms. The SMILES string of the molecule is CC(C)(C)CCN1CCC(F)(CNC(=O)c2cc(F)cc(F)c2)CC1. The first-order valence-electron chi connectivity index (χ1n) is 8.72. The van der Waals surface area contributed by atoms with Crippen molar-refractivity contribution in [2.45, 2.75) is 45.7 Å². The maximum absolute atomic E-state index is 14.9. The molecule has 1 aliphatic rings. The lowest BCUT2D eigenvalue weighted by Crippen LogP contribution is -2.48. The average Bonchev–Trinajstić information content (AvgIpc) is 2.50. The highest BCUT2D eigenvalue weighted by Crippen LogP contribution is 2.27. The van der Waals surface area contributed by atoms with Gasteiger partial charge in [0, 0.05) is 24.7 Å². The van der Waals surface area contributed by atoms with Crippen molar-refractivity contribution in [2.24, 2.45) is 5.41 Å². The number of nitrogens with one attached hydrogen (secondary N) is 1. The molecule has 3 nitrogen and oxygen atoms in total. The number of benzene rings is 1. The lowest BCUT2D eigenvalue weighted by Gasteiger charge is -2.37. The van der Waals surface area contributed by atoms with Crippen molar-refractivity contribution in [3.8, 4) is 0 Å². The molecule has 25 heavy (non-hydrogen) atoms. The molecular formula is C19H27F3N2O. The standard InChI is InChI=1S/C19H27F3N2O/c1-18(2,3)4-7-24-8-5-19(22,6-9-24)13-23-17(25)14-10-15(20)12-16(21)11-14/h10-12H,4-9,13H2,1-3H3,(H,23,25). The second-order valence-corrected chi connectivity index (χ2v) is 8.14. The monoisotopic (exact) mass is 356 g/mol. The minimum atomic E-state index is -1.47. The second-order valence-electron chi connectivity index (χ2n) is 8.14. The summed E-state index contributed by atoms with van der Waals surface area (Å²) in [4.78, 5) is 14.2. The summed E-state index contributed by atoms with van der Waals surface area (Å²) in [7, 11) is 0. The van der Waals surface area contributed by atoms with Gasteiger partial charge in [-0.05, 0) is 43.4 Å². The molecule has 1 aromatic carbocycles. The fourth-order valence-corrected chi connectivity index (χ4v) is 2.87. The number of piperidine rings is 1. The average molecular weight is 356 g/mol. The maximum Gasteiger partial charge on any atom is 0.251 e. The number of nitrogens with zero attached hydrogens (tertiary/aromatic N) is 1. The molecule has 140 valence electrons. The molecule has 1 aromatic rings. The molecule has 1 saturated heterocycles. The smallest absolute Gasteiger partial charge is 0.251 e. The molecule has 0 atom stereocenters. The summed E-state index contributed by atoms with van der Waals surface area (Å²) in [5.41, 5.74) is -1.36. The Hall–Kier alpha value is -1.56. The van der Waals surface area contributed by atoms with Gasteiger partial charge in [-0.2, -0.15) is 0 Å². The van der Waals surface area contributed by atoms with E-state index in [-0.39, 0.29) is 17.5 Å². The van der Waals surface area contributed by atoms with Crippen molar-refractivity contribution < 1.29 is 18.0 Å². The van der Waals surface area contributed by atoms with Crippen LogP contribution in [0.15, 0.2) is 18.2 Å². The first-order valence-corrected chi connectivity index (χ1v) is 8.72. The molecule has 1 heterocycles. The van der Waals surface area contributed by atoms with E-state index in [1.807, 2.05) is 0 Å². The van der Waals surface area contributed by atoms with Crippen LogP contribution in [0.5, 0.6) is 0 Å². The van der Waals surface area contributed by atoms with Gasteiger partial charge in [0.05, 0.1) is 6.54 Å². The number of hydrogen-bond donors (Lipinski definition) is 1. The van der Waals surface area contributed by atoms with Crippen LogP contribution in [-0.4, -0.2) is 42.7 Å². The van der Waals surface area contributed by atoms with E-state index in [4.69, 9.17) is 0 Å². The molecule has 6 heteroatoms. The molecule has 0 radical (unpaired) electrons. The van der Waals surface area contributed by atoms with Crippen LogP contribution in [0.2, 0.25) is 0 Å². The third-order valence-corrected chi connectivity index (χ3v) is 4.62. The molecule has 1 fully saturated rings. The van der Waals surface area contributed by atoms with Gasteiger partial charge < -0.3 is 10.2 Å². The van der Waals surface area contributed by atoms with Gasteiger partial charge in [0.25, 0.3) is 5.91 Å². The molecule has 0 aromatic heterocycles. The third-order valence-electron chi connectivity index (χ3n) is 4.62. The number of carbonyl (C=O) groups excluding carboxylic acids is 1. The quantitative estimate of drug-likeness (QED) is 0.867. The number of rotatable bonds is 5. The van der Waals surface area contributed by atoms with Crippen LogP contribution >= 0.6 is 0 Å². The van der Waals surface area contributed by atoms with E-state index in [1.54, 1.807) is 0 Å². The van der Waals surface area contributed by atoms with E-state index < -0.39 is 23.2 Å². The third kappa shape index (κ3) is 6.34. The Labute approximate surface area is 147 Å². The Morgan fingerprint density at radius 1 is 1.16 bits per heavy atom. The van der Waals surface area contributed by atoms with E-state index in [2.05, 4.69) is 31.0 Å². The minimum absolute atomic E-state index is 0.135. The Morgan fingerprint density at radius 2 is 1.72 bits per heavy atom. The van der Waals surface area contributed by atoms with E-state index in [1.165, 1.54) is 0 Å². The summed E-state index contributed by atoms with van der Waals surface area (Å²) >= 11 is 0. The maximum atomic E-state index is 14.9. The van der Waals surface area contributed by atoms with Crippen LogP contribution in [0.4, 0.5) is 13.2 Å². The van der Waals surface area contributed by atoms with Crippen LogP contribution in [-0.2, 0) is 0 Å². The van der Waals surface area contributed by atoms with Crippen molar-refractivity contribution >= 4 is 5.91 Å². The second kappa shape index (κ2) is 7.77. The molecule has 0 aliphatic carbocycles. The van der Waals surface area contributed by atoms with Crippen molar-refractivity contribution in [3.63, 3.8) is 0 Å². The molecule has 0 unspecified atom stereocenters. The number of hydrogen-bond acceptors (Lipinski definition) is 2. The van der Waals surface area contributed by atoms with Crippen LogP contribution < -0.4 is 5.32 Å². The van der Waals surface area contributed by atoms with Gasteiger partial charge in [-0.25, -0.2) is 13.2 Å². The summed E-state index contributed by atoms with van der Waals surface area (Å²) in [6.07, 6.45) is 1.73. The summed E-state index contributed by atoms with van der Waals surface area (Å²) in [5, 5.41) is 2.47. The largest absolute Gasteiger partial charge is 0.349 e. The highest BCUT2D eigenvalue weighted by Gasteiger charge is 2.35. The van der Waals surface area contributed by atoms with Crippen LogP contribution in [0.25, 0.3) is 0 Å². The summed E-state index contributed by atoms with van der Waals surface area (Å²) in [6, 6.07) is 2.58. The van der Waals surface area contributed by atoms with Crippen LogP contribution in [0.3, 0.4) is 0 Å². The number of carbonyl (C=O) groups is 1. The normalized spacial score (nSPS) is 18.2. The van der Waals surface area contributed by atoms with Crippen molar-refractivity contribution in [3.05, 3.63) is 35.4 Å². The van der Waals surface area contributed by atoms with Crippen molar-refractivity contribution in [2.75, 3.05) is 26.2 Å². The molecule has 2 rings (SSSR count). The van der Waals surface area contributed by atoms with E-state index in [0.717, 1.165) is 25.1 Å². The molecular weight excluding hydrogens is 329 g/mol. The lowest BCUT2D eigenvalue weighted by molar-refractivity contribution is 0.0508. The van der Waals surface area contributed by atoms with Gasteiger partial charge in [-0.15, -0.1) is 0 Å². The van der Waals surface area contributed by atoms with Gasteiger partial charge in [0.15, 0.2) is 0 Å². The fourth-order valence-electron chi connectivity index (χ4n) is 2.87. The minimum Gasteiger partial charge on any atom is -0.349 e. The zero-order chi connectivity index (χ0) is 18.7. The van der Waals surface area contributed by atoms with Crippen molar-refractivity contribution in [1.29, 1.82) is 0 Å². The molecule has 0 spiro atoms. The first kappa shape index (κ1) is 19.8. The number of halogens is 3. The Kier molecular flexibility index (Phi) is 6.14. The predicted octanol–water partition coefficient (Wildman–Crippen LogP) is 3.93. The van der Waals surface area contributed by atoms with Gasteiger partial charge in [0.2, 0.25) is 0 Å². The number of alkyl halides is 1. The number of amides is 1. The van der Waals surface area contributed by atoms with Crippen molar-refractivity contribution in [1.82, 2.24) is 10.2 Å². The first-order chi connectivity index (χ1) is 11.6. The zero-order valence-corrected chi connectivity index (χ0v) is 15.2. The zero-order valence-electron chi connectivity index (χ0n) is 15.2. The Bertz CT molecular complexity index is 585. The molecule has 1 amide bonds. The Morgan fingerprint density at radius 3 is 2.24 bits per heavy atom. The summed E-state index contributed by atoms with van der Waals surface area (Å²) in [5.74, 6) is -2.31. The van der Waals surface area contributed by atoms with Gasteiger partial charge in [-0.3, -0.25) is 4.79 Å². The molecule has 1 N–H and O–H groups in total. The van der Waals surface area contributed by atoms with E-state index in [0.29, 0.717) is 32.0 Å². The highest BCUT2D eigenvalue weighted by atomic mass is 19.1. The Balaban J connectivity index is 1.82. The fraction of sp³-hybridized carbons (Fsp3) is 0.632. The molecule has 0 saturated carbocycles. The van der Waals surface area contributed by atoms with Gasteiger partial charge in [0.1, 0.15) is 17.3 Å². The topological polar surface area (TPSA) is 32.3 Å². The van der Waals surface area contributed by atoms with Gasteiger partial charge in [-0.1, -0.05) is 20.8 Å².